The topological polar surface area (TPSA) is 34.1 Å². The third kappa shape index (κ3) is 1.54. The van der Waals surface area contributed by atoms with Crippen LogP contribution >= 0.6 is 34.3 Å². The molecule has 2 aromatic heterocycles. The highest BCUT2D eigenvalue weighted by Crippen LogP contribution is 2.29. The fourth-order valence-electron chi connectivity index (χ4n) is 1.07. The van der Waals surface area contributed by atoms with Gasteiger partial charge in [0.15, 0.2) is 0 Å². The van der Waals surface area contributed by atoms with Crippen molar-refractivity contribution in [2.75, 3.05) is 6.26 Å². The van der Waals surface area contributed by atoms with E-state index in [-0.39, 0.29) is 10.5 Å². The molecule has 0 fully saturated rings. The summed E-state index contributed by atoms with van der Waals surface area (Å²) < 4.78 is 13.2. The van der Waals surface area contributed by atoms with E-state index < -0.39 is 10.8 Å². The van der Waals surface area contributed by atoms with Crippen molar-refractivity contribution in [3.05, 3.63) is 26.7 Å². The molecule has 1 unspecified atom stereocenters. The summed E-state index contributed by atoms with van der Waals surface area (Å²) in [5.74, 6) is 0. The molecular formula is C8H5ClO2S3. The molecule has 1 atom stereocenters. The van der Waals surface area contributed by atoms with Gasteiger partial charge in [-0.25, -0.2) is 0 Å². The summed E-state index contributed by atoms with van der Waals surface area (Å²) in [5.41, 5.74) is -0.208. The van der Waals surface area contributed by atoms with Crippen molar-refractivity contribution in [3.8, 4) is 0 Å². The third-order valence-electron chi connectivity index (χ3n) is 1.68. The Kier molecular flexibility index (Phi) is 2.74. The molecule has 2 aromatic rings. The van der Waals surface area contributed by atoms with Crippen molar-refractivity contribution in [2.24, 2.45) is 0 Å². The predicted molar refractivity (Wildman–Crippen MR) is 63.3 cm³/mol. The van der Waals surface area contributed by atoms with Crippen molar-refractivity contribution in [3.63, 3.8) is 0 Å². The first-order valence-corrected chi connectivity index (χ1v) is 7.27. The summed E-state index contributed by atoms with van der Waals surface area (Å²) in [6, 6.07) is 1.85. The van der Waals surface area contributed by atoms with Crippen molar-refractivity contribution < 1.29 is 4.21 Å². The molecule has 0 saturated carbocycles. The Morgan fingerprint density at radius 1 is 1.50 bits per heavy atom. The number of thiophene rings is 1. The Morgan fingerprint density at radius 3 is 2.86 bits per heavy atom. The van der Waals surface area contributed by atoms with Crippen molar-refractivity contribution in [1.29, 1.82) is 0 Å². The first-order chi connectivity index (χ1) is 6.61. The molecule has 0 bridgehead atoms. The third-order valence-corrected chi connectivity index (χ3v) is 5.93. The summed E-state index contributed by atoms with van der Waals surface area (Å²) in [7, 11) is -1.20. The van der Waals surface area contributed by atoms with Crippen LogP contribution in [0.3, 0.4) is 0 Å². The van der Waals surface area contributed by atoms with Gasteiger partial charge in [0.05, 0.1) is 20.2 Å². The van der Waals surface area contributed by atoms with Gasteiger partial charge in [-0.1, -0.05) is 11.6 Å². The molecule has 0 aromatic carbocycles. The van der Waals surface area contributed by atoms with Gasteiger partial charge in [-0.2, -0.15) is 0 Å². The molecule has 6 heteroatoms. The molecule has 74 valence electrons. The molecule has 0 aliphatic carbocycles. The smallest absolute Gasteiger partial charge is 0.217 e. The van der Waals surface area contributed by atoms with Crippen LogP contribution < -0.4 is 5.43 Å². The first-order valence-electron chi connectivity index (χ1n) is 3.64. The highest BCUT2D eigenvalue weighted by atomic mass is 35.5. The number of fused-ring (bicyclic) bond motifs is 1. The number of hydrogen-bond donors (Lipinski definition) is 0. The second-order valence-electron chi connectivity index (χ2n) is 2.60. The van der Waals surface area contributed by atoms with E-state index in [0.717, 1.165) is 4.70 Å². The fraction of sp³-hybridized carbons (Fsp3) is 0.125. The van der Waals surface area contributed by atoms with E-state index in [1.54, 1.807) is 0 Å². The van der Waals surface area contributed by atoms with E-state index in [1.165, 1.54) is 28.9 Å². The van der Waals surface area contributed by atoms with Gasteiger partial charge < -0.3 is 0 Å². The van der Waals surface area contributed by atoms with Crippen LogP contribution in [0.4, 0.5) is 0 Å². The summed E-state index contributed by atoms with van der Waals surface area (Å²) in [5, 5.41) is 1.94. The second-order valence-corrected chi connectivity index (χ2v) is 6.52. The van der Waals surface area contributed by atoms with Crippen molar-refractivity contribution in [1.82, 2.24) is 0 Å². The molecule has 0 spiro atoms. The lowest BCUT2D eigenvalue weighted by molar-refractivity contribution is 0.688. The van der Waals surface area contributed by atoms with Gasteiger partial charge in [0, 0.05) is 6.26 Å². The minimum absolute atomic E-state index is 0.103. The summed E-state index contributed by atoms with van der Waals surface area (Å²) >= 11 is 8.52. The van der Waals surface area contributed by atoms with Gasteiger partial charge in [0.25, 0.3) is 0 Å². The minimum atomic E-state index is -1.20. The van der Waals surface area contributed by atoms with Crippen LogP contribution in [-0.4, -0.2) is 10.5 Å². The fourth-order valence-corrected chi connectivity index (χ4v) is 4.53. The van der Waals surface area contributed by atoms with Crippen molar-refractivity contribution in [2.45, 2.75) is 4.21 Å². The molecule has 0 aliphatic rings. The molecule has 0 amide bonds. The largest absolute Gasteiger partial charge is 0.287 e. The van der Waals surface area contributed by atoms with Crippen LogP contribution in [0.2, 0.25) is 5.02 Å². The summed E-state index contributed by atoms with van der Waals surface area (Å²) in [4.78, 5) is 11.7. The van der Waals surface area contributed by atoms with E-state index in [0.29, 0.717) is 8.91 Å². The maximum atomic E-state index is 11.7. The second kappa shape index (κ2) is 3.73. The van der Waals surface area contributed by atoms with E-state index in [9.17, 15) is 9.00 Å². The quantitative estimate of drug-likeness (QED) is 0.794. The Labute approximate surface area is 95.6 Å². The average Bonchev–Trinajstić information content (AvgIpc) is 2.58. The molecule has 0 N–H and O–H groups in total. The zero-order chi connectivity index (χ0) is 10.3. The maximum absolute atomic E-state index is 11.7. The summed E-state index contributed by atoms with van der Waals surface area (Å²) in [6.07, 6.45) is 1.52. The van der Waals surface area contributed by atoms with Crippen LogP contribution in [0, 0.1) is 0 Å². The minimum Gasteiger partial charge on any atom is -0.287 e. The highest BCUT2D eigenvalue weighted by Gasteiger charge is 2.13. The lowest BCUT2D eigenvalue weighted by Gasteiger charge is -1.97. The molecule has 2 rings (SSSR count). The normalized spacial score (nSPS) is 13.3. The lowest BCUT2D eigenvalue weighted by atomic mass is 10.5. The number of halogens is 1. The molecule has 14 heavy (non-hydrogen) atoms. The SMILES string of the molecule is CS(=O)c1sc2ccsc2c(=O)c1Cl. The monoisotopic (exact) mass is 264 g/mol. The van der Waals surface area contributed by atoms with Crippen molar-refractivity contribution >= 4 is 54.5 Å². The van der Waals surface area contributed by atoms with Crippen LogP contribution in [0.25, 0.3) is 9.40 Å². The molecular weight excluding hydrogens is 260 g/mol. The van der Waals surface area contributed by atoms with E-state index >= 15 is 0 Å². The van der Waals surface area contributed by atoms with E-state index in [1.807, 2.05) is 11.4 Å². The molecule has 2 heterocycles. The van der Waals surface area contributed by atoms with Crippen LogP contribution in [0.15, 0.2) is 20.5 Å². The molecule has 0 saturated heterocycles. The average molecular weight is 265 g/mol. The standard InChI is InChI=1S/C8H5ClO2S3/c1-14(11)8-5(9)6(10)7-4(13-8)2-3-12-7/h2-3H,1H3. The lowest BCUT2D eigenvalue weighted by Crippen LogP contribution is -2.02. The molecule has 0 aliphatic heterocycles. The van der Waals surface area contributed by atoms with Crippen LogP contribution in [0.5, 0.6) is 0 Å². The maximum Gasteiger partial charge on any atom is 0.217 e. The Bertz CT molecular complexity index is 569. The Morgan fingerprint density at radius 2 is 2.21 bits per heavy atom. The van der Waals surface area contributed by atoms with Gasteiger partial charge >= 0.3 is 0 Å². The van der Waals surface area contributed by atoms with Gasteiger partial charge in [-0.05, 0) is 11.4 Å². The van der Waals surface area contributed by atoms with Gasteiger partial charge in [-0.15, -0.1) is 22.7 Å². The number of rotatable bonds is 1. The van der Waals surface area contributed by atoms with Gasteiger partial charge in [0.2, 0.25) is 5.43 Å². The Balaban J connectivity index is 2.94. The zero-order valence-electron chi connectivity index (χ0n) is 7.07. The van der Waals surface area contributed by atoms with Gasteiger partial charge in [-0.3, -0.25) is 9.00 Å². The summed E-state index contributed by atoms with van der Waals surface area (Å²) in [6.45, 7) is 0. The Hall–Kier alpha value is -0.230. The van der Waals surface area contributed by atoms with E-state index in [4.69, 9.17) is 11.6 Å². The van der Waals surface area contributed by atoms with E-state index in [2.05, 4.69) is 0 Å². The molecule has 0 radical (unpaired) electrons. The highest BCUT2D eigenvalue weighted by molar-refractivity contribution is 7.86. The van der Waals surface area contributed by atoms with Gasteiger partial charge in [0.1, 0.15) is 9.23 Å². The number of hydrogen-bond acceptors (Lipinski definition) is 4. The predicted octanol–water partition coefficient (Wildman–Crippen LogP) is 2.71. The molecule has 2 nitrogen and oxygen atoms in total. The van der Waals surface area contributed by atoms with Crippen LogP contribution in [0.1, 0.15) is 0 Å². The first kappa shape index (κ1) is 10.3. The zero-order valence-corrected chi connectivity index (χ0v) is 10.3. The van der Waals surface area contributed by atoms with Crippen LogP contribution in [-0.2, 0) is 10.8 Å².